The van der Waals surface area contributed by atoms with Gasteiger partial charge < -0.3 is 10.0 Å². The summed E-state index contributed by atoms with van der Waals surface area (Å²) in [4.78, 5) is 2.46. The molecule has 0 aromatic carbocycles. The highest BCUT2D eigenvalue weighted by atomic mass is 79.9. The van der Waals surface area contributed by atoms with Crippen molar-refractivity contribution in [3.8, 4) is 0 Å². The number of hydrogen-bond donors (Lipinski definition) is 1. The SMILES string of the molecule is CC1(O)CCCN(CCCBr)CC1. The van der Waals surface area contributed by atoms with Crippen LogP contribution in [0.1, 0.15) is 32.6 Å². The molecule has 1 saturated heterocycles. The van der Waals surface area contributed by atoms with Crippen molar-refractivity contribution >= 4 is 15.9 Å². The molecule has 1 rings (SSSR count). The normalized spacial score (nSPS) is 31.6. The van der Waals surface area contributed by atoms with Gasteiger partial charge in [0.15, 0.2) is 0 Å². The van der Waals surface area contributed by atoms with Gasteiger partial charge in [-0.15, -0.1) is 0 Å². The van der Waals surface area contributed by atoms with Crippen molar-refractivity contribution in [2.75, 3.05) is 25.0 Å². The largest absolute Gasteiger partial charge is 0.390 e. The fourth-order valence-electron chi connectivity index (χ4n) is 1.83. The molecule has 0 amide bonds. The third-order valence-corrected chi connectivity index (χ3v) is 3.33. The Bertz CT molecular complexity index is 150. The van der Waals surface area contributed by atoms with Crippen molar-refractivity contribution < 1.29 is 5.11 Å². The molecule has 0 aliphatic carbocycles. The van der Waals surface area contributed by atoms with Gasteiger partial charge in [0.05, 0.1) is 5.60 Å². The molecule has 0 spiro atoms. The number of hydrogen-bond acceptors (Lipinski definition) is 2. The molecular formula is C10H20BrNO. The standard InChI is InChI=1S/C10H20BrNO/c1-10(13)4-2-7-12(9-5-10)8-3-6-11/h13H,2-9H2,1H3. The van der Waals surface area contributed by atoms with E-state index in [9.17, 15) is 5.11 Å². The van der Waals surface area contributed by atoms with Crippen LogP contribution < -0.4 is 0 Å². The molecule has 1 heterocycles. The highest BCUT2D eigenvalue weighted by Gasteiger charge is 2.24. The number of aliphatic hydroxyl groups is 1. The van der Waals surface area contributed by atoms with Crippen molar-refractivity contribution in [1.82, 2.24) is 4.90 Å². The van der Waals surface area contributed by atoms with Gasteiger partial charge in [0.25, 0.3) is 0 Å². The summed E-state index contributed by atoms with van der Waals surface area (Å²) in [7, 11) is 0. The maximum Gasteiger partial charge on any atom is 0.0632 e. The lowest BCUT2D eigenvalue weighted by atomic mass is 9.98. The minimum absolute atomic E-state index is 0.414. The topological polar surface area (TPSA) is 23.5 Å². The van der Waals surface area contributed by atoms with Crippen LogP contribution in [0.4, 0.5) is 0 Å². The number of rotatable bonds is 3. The van der Waals surface area contributed by atoms with Gasteiger partial charge in [-0.3, -0.25) is 0 Å². The van der Waals surface area contributed by atoms with E-state index in [4.69, 9.17) is 0 Å². The first-order valence-electron chi connectivity index (χ1n) is 5.15. The van der Waals surface area contributed by atoms with Crippen LogP contribution in [0.2, 0.25) is 0 Å². The van der Waals surface area contributed by atoms with Gasteiger partial charge in [-0.2, -0.15) is 0 Å². The van der Waals surface area contributed by atoms with Gasteiger partial charge in [0, 0.05) is 11.9 Å². The highest BCUT2D eigenvalue weighted by Crippen LogP contribution is 2.21. The van der Waals surface area contributed by atoms with Gasteiger partial charge >= 0.3 is 0 Å². The Morgan fingerprint density at radius 2 is 2.15 bits per heavy atom. The van der Waals surface area contributed by atoms with Crippen LogP contribution in [0.15, 0.2) is 0 Å². The summed E-state index contributed by atoms with van der Waals surface area (Å²) in [6.07, 6.45) is 4.23. The van der Waals surface area contributed by atoms with Crippen LogP contribution in [-0.4, -0.2) is 40.6 Å². The molecule has 1 unspecified atom stereocenters. The predicted molar refractivity (Wildman–Crippen MR) is 59.3 cm³/mol. The van der Waals surface area contributed by atoms with Gasteiger partial charge in [0.2, 0.25) is 0 Å². The molecule has 3 heteroatoms. The molecule has 0 radical (unpaired) electrons. The molecule has 2 nitrogen and oxygen atoms in total. The lowest BCUT2D eigenvalue weighted by Gasteiger charge is -2.22. The van der Waals surface area contributed by atoms with Crippen LogP contribution in [0.25, 0.3) is 0 Å². The Kier molecular flexibility index (Phi) is 4.70. The summed E-state index contributed by atoms with van der Waals surface area (Å²) in [6, 6.07) is 0. The summed E-state index contributed by atoms with van der Waals surface area (Å²) < 4.78 is 0. The van der Waals surface area contributed by atoms with Crippen LogP contribution >= 0.6 is 15.9 Å². The third kappa shape index (κ3) is 4.43. The maximum absolute atomic E-state index is 9.86. The molecule has 1 fully saturated rings. The zero-order valence-electron chi connectivity index (χ0n) is 8.43. The number of likely N-dealkylation sites (tertiary alicyclic amines) is 1. The van der Waals surface area contributed by atoms with E-state index in [0.717, 1.165) is 37.7 Å². The van der Waals surface area contributed by atoms with E-state index in [1.807, 2.05) is 6.92 Å². The molecule has 1 N–H and O–H groups in total. The Balaban J connectivity index is 2.28. The molecule has 0 saturated carbocycles. The second-order valence-electron chi connectivity index (χ2n) is 4.23. The molecule has 0 bridgehead atoms. The lowest BCUT2D eigenvalue weighted by molar-refractivity contribution is 0.0447. The van der Waals surface area contributed by atoms with Crippen molar-refractivity contribution in [1.29, 1.82) is 0 Å². The van der Waals surface area contributed by atoms with E-state index in [1.165, 1.54) is 13.0 Å². The van der Waals surface area contributed by atoms with E-state index in [0.29, 0.717) is 0 Å². The summed E-state index contributed by atoms with van der Waals surface area (Å²) in [6.45, 7) is 5.34. The van der Waals surface area contributed by atoms with Crippen molar-refractivity contribution in [2.24, 2.45) is 0 Å². The van der Waals surface area contributed by atoms with E-state index in [2.05, 4.69) is 20.8 Å². The summed E-state index contributed by atoms with van der Waals surface area (Å²) in [5, 5.41) is 10.9. The van der Waals surface area contributed by atoms with Gasteiger partial charge in [-0.25, -0.2) is 0 Å². The first-order valence-corrected chi connectivity index (χ1v) is 6.27. The van der Waals surface area contributed by atoms with Gasteiger partial charge in [0.1, 0.15) is 0 Å². The average molecular weight is 250 g/mol. The Morgan fingerprint density at radius 3 is 2.85 bits per heavy atom. The van der Waals surface area contributed by atoms with Crippen molar-refractivity contribution in [3.05, 3.63) is 0 Å². The van der Waals surface area contributed by atoms with Crippen LogP contribution in [0, 0.1) is 0 Å². The number of nitrogens with zero attached hydrogens (tertiary/aromatic N) is 1. The monoisotopic (exact) mass is 249 g/mol. The molecule has 13 heavy (non-hydrogen) atoms. The second-order valence-corrected chi connectivity index (χ2v) is 5.03. The highest BCUT2D eigenvalue weighted by molar-refractivity contribution is 9.09. The van der Waals surface area contributed by atoms with Gasteiger partial charge in [-0.05, 0) is 45.7 Å². The quantitative estimate of drug-likeness (QED) is 0.774. The zero-order chi connectivity index (χ0) is 9.73. The van der Waals surface area contributed by atoms with E-state index < -0.39 is 5.60 Å². The van der Waals surface area contributed by atoms with E-state index in [-0.39, 0.29) is 0 Å². The molecular weight excluding hydrogens is 230 g/mol. The summed E-state index contributed by atoms with van der Waals surface area (Å²) >= 11 is 3.44. The first-order chi connectivity index (χ1) is 6.14. The Morgan fingerprint density at radius 1 is 1.38 bits per heavy atom. The van der Waals surface area contributed by atoms with E-state index in [1.54, 1.807) is 0 Å². The van der Waals surface area contributed by atoms with E-state index >= 15 is 0 Å². The summed E-state index contributed by atoms with van der Waals surface area (Å²) in [5.74, 6) is 0. The maximum atomic E-state index is 9.86. The van der Waals surface area contributed by atoms with Crippen molar-refractivity contribution in [3.63, 3.8) is 0 Å². The summed E-state index contributed by atoms with van der Waals surface area (Å²) in [5.41, 5.74) is -0.414. The van der Waals surface area contributed by atoms with Crippen LogP contribution in [-0.2, 0) is 0 Å². The second kappa shape index (κ2) is 5.32. The van der Waals surface area contributed by atoms with Crippen LogP contribution in [0.5, 0.6) is 0 Å². The minimum atomic E-state index is -0.414. The molecule has 1 aliphatic heterocycles. The fourth-order valence-corrected chi connectivity index (χ4v) is 2.08. The lowest BCUT2D eigenvalue weighted by Crippen LogP contribution is -2.29. The van der Waals surface area contributed by atoms with Gasteiger partial charge in [-0.1, -0.05) is 15.9 Å². The molecule has 0 aromatic heterocycles. The zero-order valence-corrected chi connectivity index (χ0v) is 10.0. The van der Waals surface area contributed by atoms with Crippen LogP contribution in [0.3, 0.4) is 0 Å². The molecule has 1 aliphatic rings. The molecule has 0 aromatic rings. The Hall–Kier alpha value is 0.400. The smallest absolute Gasteiger partial charge is 0.0632 e. The number of halogens is 1. The molecule has 78 valence electrons. The first kappa shape index (κ1) is 11.5. The van der Waals surface area contributed by atoms with Crippen molar-refractivity contribution in [2.45, 2.75) is 38.2 Å². The predicted octanol–water partition coefficient (Wildman–Crippen LogP) is 2.01. The average Bonchev–Trinajstić information content (AvgIpc) is 2.23. The minimum Gasteiger partial charge on any atom is -0.390 e. The third-order valence-electron chi connectivity index (χ3n) is 2.76. The molecule has 1 atom stereocenters. The Labute approximate surface area is 89.4 Å². The fraction of sp³-hybridized carbons (Fsp3) is 1.00. The number of alkyl halides is 1.